The molecule has 0 aromatic rings. The van der Waals surface area contributed by atoms with Crippen LogP contribution in [0.25, 0.3) is 0 Å². The normalized spacial score (nSPS) is 7.30. The number of hydrogen-bond acceptors (Lipinski definition) is 3. The average molecular weight is 144 g/mol. The van der Waals surface area contributed by atoms with Gasteiger partial charge in [-0.2, -0.15) is 0 Å². The van der Waals surface area contributed by atoms with Crippen molar-refractivity contribution >= 4 is 13.3 Å². The second-order valence-corrected chi connectivity index (χ2v) is 1.64. The van der Waals surface area contributed by atoms with Crippen LogP contribution in [0.5, 0.6) is 0 Å². The summed E-state index contributed by atoms with van der Waals surface area (Å²) in [5.41, 5.74) is 0. The van der Waals surface area contributed by atoms with Gasteiger partial charge in [0.1, 0.15) is 0 Å². The van der Waals surface area contributed by atoms with Crippen molar-refractivity contribution in [3.8, 4) is 0 Å². The van der Waals surface area contributed by atoms with E-state index in [0.29, 0.717) is 6.61 Å². The van der Waals surface area contributed by atoms with E-state index in [1.807, 2.05) is 0 Å². The van der Waals surface area contributed by atoms with Gasteiger partial charge in [0.25, 0.3) is 0 Å². The van der Waals surface area contributed by atoms with Crippen molar-refractivity contribution in [1.29, 1.82) is 0 Å². The van der Waals surface area contributed by atoms with Crippen LogP contribution >= 0.6 is 0 Å². The third-order valence-corrected chi connectivity index (χ3v) is 0.909. The van der Waals surface area contributed by atoms with E-state index in [-0.39, 0.29) is 0 Å². The zero-order valence-corrected chi connectivity index (χ0v) is 6.13. The highest BCUT2D eigenvalue weighted by molar-refractivity contribution is 5.37. The zero-order chi connectivity index (χ0) is 8.24. The summed E-state index contributed by atoms with van der Waals surface area (Å²) in [4.78, 5) is 17.2. The molecule has 3 heteroatoms. The van der Waals surface area contributed by atoms with Gasteiger partial charge in [-0.05, 0) is 6.42 Å². The molecule has 0 aromatic heterocycles. The summed E-state index contributed by atoms with van der Waals surface area (Å²) in [5.74, 6) is 0. The lowest BCUT2D eigenvalue weighted by Gasteiger charge is -1.92. The number of rotatable bonds is 5. The Hall–Kier alpha value is -0.860. The lowest BCUT2D eigenvalue weighted by molar-refractivity contribution is 0.270. The summed E-state index contributed by atoms with van der Waals surface area (Å²) in [5, 5.41) is 0. The van der Waals surface area contributed by atoms with E-state index in [2.05, 4.69) is 18.4 Å². The Morgan fingerprint density at radius 1 is 1.40 bits per heavy atom. The van der Waals surface area contributed by atoms with Gasteiger partial charge in [0, 0.05) is 0 Å². The van der Waals surface area contributed by atoms with Crippen LogP contribution in [0.4, 0.5) is 0 Å². The summed E-state index contributed by atoms with van der Waals surface area (Å²) < 4.78 is 4.33. The van der Waals surface area contributed by atoms with Gasteiger partial charge in [0.2, 0.25) is 0 Å². The van der Waals surface area contributed by atoms with E-state index < -0.39 is 0 Å². The highest BCUT2D eigenvalue weighted by Crippen LogP contribution is 1.91. The van der Waals surface area contributed by atoms with E-state index in [1.165, 1.54) is 6.47 Å². The second-order valence-electron chi connectivity index (χ2n) is 1.64. The summed E-state index contributed by atoms with van der Waals surface area (Å²) in [6.45, 7) is 7.25. The molecule has 0 saturated carbocycles. The molecule has 0 aliphatic rings. The molecule has 0 heterocycles. The molecule has 0 aliphatic heterocycles. The first-order valence-electron chi connectivity index (χ1n) is 3.14. The van der Waals surface area contributed by atoms with Crippen molar-refractivity contribution in [2.24, 2.45) is 0 Å². The first kappa shape index (κ1) is 11.9. The predicted octanol–water partition coefficient (Wildman–Crippen LogP) is 0.986. The summed E-state index contributed by atoms with van der Waals surface area (Å²) in [7, 11) is 0. The molecule has 2 radical (unpaired) electrons. The molecule has 0 aromatic carbocycles. The van der Waals surface area contributed by atoms with Crippen molar-refractivity contribution in [3.05, 3.63) is 0 Å². The van der Waals surface area contributed by atoms with Crippen LogP contribution in [0.1, 0.15) is 26.2 Å². The Morgan fingerprint density at radius 3 is 2.40 bits per heavy atom. The molecule has 0 amide bonds. The van der Waals surface area contributed by atoms with Gasteiger partial charge in [0.15, 0.2) is 6.79 Å². The van der Waals surface area contributed by atoms with Gasteiger partial charge < -0.3 is 4.74 Å². The molecule has 10 heavy (non-hydrogen) atoms. The third kappa shape index (κ3) is 15.7. The van der Waals surface area contributed by atoms with Gasteiger partial charge in [-0.1, -0.05) is 19.8 Å². The lowest BCUT2D eigenvalue weighted by Crippen LogP contribution is -1.89. The van der Waals surface area contributed by atoms with E-state index in [9.17, 15) is 4.79 Å². The molecule has 0 saturated heterocycles. The minimum Gasteiger partial charge on any atom is -0.457 e. The topological polar surface area (TPSA) is 43.4 Å². The van der Waals surface area contributed by atoms with Gasteiger partial charge in [-0.15, -0.1) is 0 Å². The Kier molecular flexibility index (Phi) is 18.7. The number of carbonyl (C=O) groups excluding carboxylic acids is 2. The summed E-state index contributed by atoms with van der Waals surface area (Å²) in [6, 6.07) is 0. The van der Waals surface area contributed by atoms with Crippen molar-refractivity contribution < 1.29 is 14.3 Å². The minimum absolute atomic E-state index is 0.525. The minimum atomic E-state index is 0.525. The Balaban J connectivity index is 0. The standard InChI is InChI=1S/C6H11O2.CHO/c1-2-3-4-5-8-6-7;1-2/h2-5H2,1H3;1H. The van der Waals surface area contributed by atoms with Crippen LogP contribution in [0, 0.1) is 0 Å². The maximum atomic E-state index is 9.42. The SMILES string of the molecule is CCCCCO[C]=O.[CH]=O. The predicted molar refractivity (Wildman–Crippen MR) is 37.9 cm³/mol. The lowest BCUT2D eigenvalue weighted by atomic mass is 10.3. The van der Waals surface area contributed by atoms with Gasteiger partial charge in [-0.3, -0.25) is 4.79 Å². The van der Waals surface area contributed by atoms with Crippen molar-refractivity contribution in [3.63, 3.8) is 0 Å². The van der Waals surface area contributed by atoms with Gasteiger partial charge in [-0.25, -0.2) is 4.79 Å². The van der Waals surface area contributed by atoms with E-state index in [1.54, 1.807) is 0 Å². The maximum Gasteiger partial charge on any atom is 0.417 e. The molecule has 0 unspecified atom stereocenters. The van der Waals surface area contributed by atoms with Crippen LogP contribution in [0.3, 0.4) is 0 Å². The molecular formula is C7H12O3. The van der Waals surface area contributed by atoms with Crippen molar-refractivity contribution in [1.82, 2.24) is 0 Å². The molecule has 0 fully saturated rings. The second kappa shape index (κ2) is 15.7. The number of hydrogen-bond donors (Lipinski definition) is 0. The Morgan fingerprint density at radius 2 is 2.00 bits per heavy atom. The highest BCUT2D eigenvalue weighted by atomic mass is 16.5. The van der Waals surface area contributed by atoms with Crippen LogP contribution in [-0.4, -0.2) is 19.9 Å². The van der Waals surface area contributed by atoms with Crippen LogP contribution in [-0.2, 0) is 14.3 Å². The monoisotopic (exact) mass is 144 g/mol. The fourth-order valence-electron chi connectivity index (χ4n) is 0.466. The van der Waals surface area contributed by atoms with Crippen molar-refractivity contribution in [2.45, 2.75) is 26.2 Å². The average Bonchev–Trinajstić information content (AvgIpc) is 2.02. The quantitative estimate of drug-likeness (QED) is 0.427. The Labute approximate surface area is 61.4 Å². The summed E-state index contributed by atoms with van der Waals surface area (Å²) >= 11 is 0. The molecule has 0 bridgehead atoms. The highest BCUT2D eigenvalue weighted by Gasteiger charge is 1.83. The van der Waals surface area contributed by atoms with Gasteiger partial charge >= 0.3 is 6.47 Å². The molecule has 0 spiro atoms. The smallest absolute Gasteiger partial charge is 0.417 e. The maximum absolute atomic E-state index is 9.42. The van der Waals surface area contributed by atoms with Gasteiger partial charge in [0.05, 0.1) is 6.61 Å². The third-order valence-electron chi connectivity index (χ3n) is 0.909. The zero-order valence-electron chi connectivity index (χ0n) is 6.13. The molecule has 0 atom stereocenters. The van der Waals surface area contributed by atoms with E-state index >= 15 is 0 Å². The molecule has 58 valence electrons. The fraction of sp³-hybridized carbons (Fsp3) is 0.714. The van der Waals surface area contributed by atoms with Crippen molar-refractivity contribution in [2.75, 3.05) is 6.61 Å². The first-order chi connectivity index (χ1) is 4.91. The first-order valence-corrected chi connectivity index (χ1v) is 3.14. The Bertz CT molecular complexity index is 63.9. The van der Waals surface area contributed by atoms with E-state index in [0.717, 1.165) is 19.3 Å². The fourth-order valence-corrected chi connectivity index (χ4v) is 0.466. The molecule has 3 nitrogen and oxygen atoms in total. The molecular weight excluding hydrogens is 132 g/mol. The summed E-state index contributed by atoms with van der Waals surface area (Å²) in [6.07, 6.45) is 3.25. The molecule has 0 N–H and O–H groups in total. The van der Waals surface area contributed by atoms with Crippen LogP contribution < -0.4 is 0 Å². The number of ether oxygens (including phenoxy) is 1. The largest absolute Gasteiger partial charge is 0.457 e. The van der Waals surface area contributed by atoms with Crippen LogP contribution in [0.2, 0.25) is 0 Å². The number of unbranched alkanes of at least 4 members (excludes halogenated alkanes) is 2. The molecule has 0 aliphatic carbocycles. The van der Waals surface area contributed by atoms with Crippen LogP contribution in [0.15, 0.2) is 0 Å². The molecule has 0 rings (SSSR count). The van der Waals surface area contributed by atoms with E-state index in [4.69, 9.17) is 4.79 Å².